The van der Waals surface area contributed by atoms with Crippen LogP contribution < -0.4 is 0 Å². The molecule has 0 fully saturated rings. The maximum atomic E-state index is 7.00. The number of aliphatic hydroxyl groups excluding tert-OH is 2. The molecule has 2 heteroatoms. The van der Waals surface area contributed by atoms with Gasteiger partial charge in [0.2, 0.25) is 0 Å². The fourth-order valence-electron chi connectivity index (χ4n) is 4.72. The van der Waals surface area contributed by atoms with E-state index in [9.17, 15) is 0 Å². The van der Waals surface area contributed by atoms with Crippen molar-refractivity contribution in [2.45, 2.75) is 19.3 Å². The first-order valence-electron chi connectivity index (χ1n) is 10.4. The summed E-state index contributed by atoms with van der Waals surface area (Å²) < 4.78 is 0. The van der Waals surface area contributed by atoms with Crippen LogP contribution in [0.4, 0.5) is 0 Å². The number of benzene rings is 4. The second kappa shape index (κ2) is 9.74. The van der Waals surface area contributed by atoms with E-state index in [0.717, 1.165) is 14.2 Å². The predicted octanol–water partition coefficient (Wildman–Crippen LogP) is 5.88. The maximum Gasteiger partial charge on any atom is 0.0713 e. The molecule has 0 radical (unpaired) electrons. The summed E-state index contributed by atoms with van der Waals surface area (Å²) in [5.41, 5.74) is 10.5. The average Bonchev–Trinajstić information content (AvgIpc) is 3.12. The van der Waals surface area contributed by atoms with Crippen molar-refractivity contribution in [3.05, 3.63) is 130 Å². The van der Waals surface area contributed by atoms with Gasteiger partial charge in [0.1, 0.15) is 0 Å². The summed E-state index contributed by atoms with van der Waals surface area (Å²) in [6, 6.07) is 35.7. The highest BCUT2D eigenvalue weighted by molar-refractivity contribution is 5.86. The number of rotatable bonds is 2. The number of aliphatic hydroxyl groups is 2. The van der Waals surface area contributed by atoms with Crippen molar-refractivity contribution in [1.29, 1.82) is 0 Å². The van der Waals surface area contributed by atoms with Crippen LogP contribution >= 0.6 is 0 Å². The van der Waals surface area contributed by atoms with Crippen LogP contribution in [0, 0.1) is 13.8 Å². The van der Waals surface area contributed by atoms with Crippen LogP contribution in [-0.4, -0.2) is 24.4 Å². The second-order valence-corrected chi connectivity index (χ2v) is 7.58. The minimum Gasteiger partial charge on any atom is -0.400 e. The van der Waals surface area contributed by atoms with E-state index in [1.807, 2.05) is 0 Å². The highest BCUT2D eigenvalue weighted by Crippen LogP contribution is 2.56. The van der Waals surface area contributed by atoms with Gasteiger partial charge in [0, 0.05) is 14.2 Å². The Morgan fingerprint density at radius 3 is 1.19 bits per heavy atom. The predicted molar refractivity (Wildman–Crippen MR) is 130 cm³/mol. The number of hydrogen-bond acceptors (Lipinski definition) is 2. The van der Waals surface area contributed by atoms with E-state index in [-0.39, 0.29) is 5.41 Å². The van der Waals surface area contributed by atoms with E-state index in [0.29, 0.717) is 0 Å². The lowest BCUT2D eigenvalue weighted by molar-refractivity contribution is 0.399. The van der Waals surface area contributed by atoms with Crippen LogP contribution in [0.3, 0.4) is 0 Å². The minimum absolute atomic E-state index is 0.273. The summed E-state index contributed by atoms with van der Waals surface area (Å²) in [6.45, 7) is 4.38. The van der Waals surface area contributed by atoms with E-state index in [4.69, 9.17) is 10.2 Å². The van der Waals surface area contributed by atoms with Gasteiger partial charge in [0.15, 0.2) is 0 Å². The third kappa shape index (κ3) is 3.69. The average molecular weight is 411 g/mol. The van der Waals surface area contributed by atoms with Crippen molar-refractivity contribution in [2.75, 3.05) is 14.2 Å². The molecule has 0 saturated carbocycles. The third-order valence-corrected chi connectivity index (χ3v) is 5.86. The molecule has 1 aliphatic rings. The fourth-order valence-corrected chi connectivity index (χ4v) is 4.72. The molecule has 2 nitrogen and oxygen atoms in total. The molecule has 4 aromatic rings. The van der Waals surface area contributed by atoms with Crippen LogP contribution in [0.25, 0.3) is 11.1 Å². The number of fused-ring (bicyclic) bond motifs is 3. The Morgan fingerprint density at radius 1 is 0.484 bits per heavy atom. The third-order valence-electron chi connectivity index (χ3n) is 5.86. The summed E-state index contributed by atoms with van der Waals surface area (Å²) in [6.07, 6.45) is 0. The van der Waals surface area contributed by atoms with Crippen molar-refractivity contribution in [3.8, 4) is 11.1 Å². The van der Waals surface area contributed by atoms with E-state index in [1.165, 1.54) is 44.5 Å². The standard InChI is InChI=1S/C27H22.2CH4O/c1-19-13-15-23-24-16-14-20(2)18-26(24)27(25(23)17-19,21-9-5-3-6-10-21)22-11-7-4-8-12-22;2*1-2/h3-18H,1-2H3;2*2H,1H3. The molecule has 0 spiro atoms. The van der Waals surface area contributed by atoms with Gasteiger partial charge in [0.05, 0.1) is 5.41 Å². The van der Waals surface area contributed by atoms with Gasteiger partial charge in [-0.25, -0.2) is 0 Å². The number of hydrogen-bond donors (Lipinski definition) is 2. The first-order valence-corrected chi connectivity index (χ1v) is 10.4. The smallest absolute Gasteiger partial charge is 0.0713 e. The molecule has 31 heavy (non-hydrogen) atoms. The van der Waals surface area contributed by atoms with Gasteiger partial charge < -0.3 is 10.2 Å². The van der Waals surface area contributed by atoms with Crippen LogP contribution in [-0.2, 0) is 5.41 Å². The first kappa shape index (κ1) is 22.5. The second-order valence-electron chi connectivity index (χ2n) is 7.58. The molecule has 2 N–H and O–H groups in total. The van der Waals surface area contributed by atoms with Gasteiger partial charge in [-0.2, -0.15) is 0 Å². The molecule has 0 aliphatic heterocycles. The van der Waals surface area contributed by atoms with Crippen molar-refractivity contribution in [3.63, 3.8) is 0 Å². The normalized spacial score (nSPS) is 12.5. The zero-order valence-electron chi connectivity index (χ0n) is 18.6. The lowest BCUT2D eigenvalue weighted by atomic mass is 9.67. The fraction of sp³-hybridized carbons (Fsp3) is 0.172. The summed E-state index contributed by atoms with van der Waals surface area (Å²) in [5.74, 6) is 0. The summed E-state index contributed by atoms with van der Waals surface area (Å²) in [7, 11) is 2.00. The Kier molecular flexibility index (Phi) is 7.06. The van der Waals surface area contributed by atoms with Crippen molar-refractivity contribution < 1.29 is 10.2 Å². The van der Waals surface area contributed by atoms with E-state index in [1.54, 1.807) is 0 Å². The minimum atomic E-state index is -0.273. The lowest BCUT2D eigenvalue weighted by Crippen LogP contribution is -2.28. The molecule has 1 aliphatic carbocycles. The topological polar surface area (TPSA) is 40.5 Å². The molecular formula is C29H30O2. The van der Waals surface area contributed by atoms with Crippen molar-refractivity contribution >= 4 is 0 Å². The number of aryl methyl sites for hydroxylation is 2. The highest BCUT2D eigenvalue weighted by atomic mass is 16.2. The molecule has 0 bridgehead atoms. The Balaban J connectivity index is 0.000000645. The van der Waals surface area contributed by atoms with Gasteiger partial charge in [-0.3, -0.25) is 0 Å². The van der Waals surface area contributed by atoms with Gasteiger partial charge in [0.25, 0.3) is 0 Å². The quantitative estimate of drug-likeness (QED) is 0.381. The van der Waals surface area contributed by atoms with Crippen LogP contribution in [0.2, 0.25) is 0 Å². The van der Waals surface area contributed by atoms with E-state index >= 15 is 0 Å². The van der Waals surface area contributed by atoms with E-state index in [2.05, 4.69) is 111 Å². The van der Waals surface area contributed by atoms with Crippen molar-refractivity contribution in [1.82, 2.24) is 0 Å². The molecule has 4 aromatic carbocycles. The van der Waals surface area contributed by atoms with Gasteiger partial charge in [-0.1, -0.05) is 108 Å². The van der Waals surface area contributed by atoms with Crippen LogP contribution in [0.1, 0.15) is 33.4 Å². The van der Waals surface area contributed by atoms with E-state index < -0.39 is 0 Å². The Hall–Kier alpha value is -3.20. The molecule has 5 rings (SSSR count). The largest absolute Gasteiger partial charge is 0.400 e. The molecule has 158 valence electrons. The Labute approximate surface area is 185 Å². The molecule has 0 heterocycles. The summed E-state index contributed by atoms with van der Waals surface area (Å²) in [5, 5.41) is 14.0. The lowest BCUT2D eigenvalue weighted by Gasteiger charge is -2.34. The van der Waals surface area contributed by atoms with Gasteiger partial charge in [-0.15, -0.1) is 0 Å². The molecular weight excluding hydrogens is 380 g/mol. The van der Waals surface area contributed by atoms with Crippen LogP contribution in [0.15, 0.2) is 97.1 Å². The summed E-state index contributed by atoms with van der Waals surface area (Å²) >= 11 is 0. The van der Waals surface area contributed by atoms with Gasteiger partial charge >= 0.3 is 0 Å². The molecule has 0 unspecified atom stereocenters. The van der Waals surface area contributed by atoms with Crippen LogP contribution in [0.5, 0.6) is 0 Å². The highest BCUT2D eigenvalue weighted by Gasteiger charge is 2.45. The Morgan fingerprint density at radius 2 is 0.839 bits per heavy atom. The molecule has 0 amide bonds. The zero-order chi connectivity index (χ0) is 22.4. The molecule has 0 saturated heterocycles. The maximum absolute atomic E-state index is 7.00. The molecule has 0 atom stereocenters. The summed E-state index contributed by atoms with van der Waals surface area (Å²) in [4.78, 5) is 0. The SMILES string of the molecule is CO.CO.Cc1ccc2c(c1)C(c1ccccc1)(c1ccccc1)c1cc(C)ccc1-2. The van der Waals surface area contributed by atoms with Gasteiger partial charge in [-0.05, 0) is 47.2 Å². The molecule has 0 aromatic heterocycles. The zero-order valence-corrected chi connectivity index (χ0v) is 18.6. The van der Waals surface area contributed by atoms with Crippen molar-refractivity contribution in [2.24, 2.45) is 0 Å². The monoisotopic (exact) mass is 410 g/mol. The Bertz CT molecular complexity index is 1040. The first-order chi connectivity index (χ1) is 15.2.